The molecule has 1 saturated heterocycles. The highest BCUT2D eigenvalue weighted by molar-refractivity contribution is 9.10. The fraction of sp³-hybridized carbons (Fsp3) is 0.556. The molecule has 0 saturated carbocycles. The zero-order valence-electron chi connectivity index (χ0n) is 15.3. The topological polar surface area (TPSA) is 61.9 Å². The number of nitrogens with one attached hydrogen (secondary N) is 1. The van der Waals surface area contributed by atoms with E-state index in [9.17, 15) is 14.0 Å². The lowest BCUT2D eigenvalue weighted by Crippen LogP contribution is -2.54. The Bertz CT molecular complexity index is 649. The summed E-state index contributed by atoms with van der Waals surface area (Å²) in [5, 5.41) is 2.62. The number of rotatable bonds is 5. The van der Waals surface area contributed by atoms with Gasteiger partial charge in [-0.15, -0.1) is 0 Å². The van der Waals surface area contributed by atoms with Crippen molar-refractivity contribution in [2.45, 2.75) is 26.8 Å². The van der Waals surface area contributed by atoms with Gasteiger partial charge in [-0.2, -0.15) is 0 Å². The Kier molecular flexibility index (Phi) is 7.40. The summed E-state index contributed by atoms with van der Waals surface area (Å²) in [5.41, 5.74) is 0.154. The molecule has 26 heavy (non-hydrogen) atoms. The van der Waals surface area contributed by atoms with Gasteiger partial charge in [-0.1, -0.05) is 29.8 Å². The number of carbonyl (C=O) groups is 2. The minimum absolute atomic E-state index is 0.154. The van der Waals surface area contributed by atoms with E-state index in [2.05, 4.69) is 21.2 Å². The number of hydrogen-bond donors (Lipinski definition) is 1. The van der Waals surface area contributed by atoms with Crippen molar-refractivity contribution in [3.8, 4) is 0 Å². The van der Waals surface area contributed by atoms with E-state index in [4.69, 9.17) is 4.74 Å². The largest absolute Gasteiger partial charge is 0.449 e. The highest BCUT2D eigenvalue weighted by atomic mass is 79.9. The first-order valence-electron chi connectivity index (χ1n) is 8.69. The Morgan fingerprint density at radius 1 is 1.23 bits per heavy atom. The molecular formula is C18H25BrFN3O3. The summed E-state index contributed by atoms with van der Waals surface area (Å²) < 4.78 is 19.7. The molecule has 0 aliphatic carbocycles. The predicted molar refractivity (Wildman–Crippen MR) is 102 cm³/mol. The van der Waals surface area contributed by atoms with E-state index in [1.54, 1.807) is 17.9 Å². The molecule has 1 unspecified atom stereocenters. The van der Waals surface area contributed by atoms with Crippen LogP contribution in [0.15, 0.2) is 22.7 Å². The molecule has 1 aliphatic heterocycles. The van der Waals surface area contributed by atoms with Crippen LogP contribution < -0.4 is 5.32 Å². The second kappa shape index (κ2) is 9.32. The van der Waals surface area contributed by atoms with E-state index in [0.29, 0.717) is 43.2 Å². The third-order valence-electron chi connectivity index (χ3n) is 4.23. The molecule has 1 aromatic rings. The molecule has 0 aromatic heterocycles. The van der Waals surface area contributed by atoms with Crippen LogP contribution in [0.1, 0.15) is 20.8 Å². The van der Waals surface area contributed by atoms with Gasteiger partial charge >= 0.3 is 6.09 Å². The number of ether oxygens (including phenoxy) is 1. The Balaban J connectivity index is 1.84. The maximum absolute atomic E-state index is 13.9. The standard InChI is InChI=1S/C18H25BrFN3O3/c1-12(2)11-26-18(25)23-8-6-22(7-9-23)13(3)17(24)21-16-5-4-14(19)10-15(16)20/h4-5,10,12-13H,6-9,11H2,1-3H3,(H,21,24). The third kappa shape index (κ3) is 5.67. The first kappa shape index (κ1) is 20.6. The van der Waals surface area contributed by atoms with Crippen molar-refractivity contribution in [2.75, 3.05) is 38.1 Å². The van der Waals surface area contributed by atoms with E-state index in [1.807, 2.05) is 18.7 Å². The van der Waals surface area contributed by atoms with Crippen molar-refractivity contribution in [1.29, 1.82) is 0 Å². The Morgan fingerprint density at radius 3 is 2.46 bits per heavy atom. The second-order valence-electron chi connectivity index (χ2n) is 6.78. The Labute approximate surface area is 161 Å². The van der Waals surface area contributed by atoms with Crippen molar-refractivity contribution in [2.24, 2.45) is 5.92 Å². The number of piperazine rings is 1. The normalized spacial score (nSPS) is 16.5. The molecule has 0 radical (unpaired) electrons. The van der Waals surface area contributed by atoms with Crippen LogP contribution in [0.5, 0.6) is 0 Å². The van der Waals surface area contributed by atoms with Crippen LogP contribution in [-0.4, -0.2) is 60.6 Å². The molecule has 1 heterocycles. The number of hydrogen-bond acceptors (Lipinski definition) is 4. The minimum Gasteiger partial charge on any atom is -0.449 e. The number of nitrogens with zero attached hydrogens (tertiary/aromatic N) is 2. The molecule has 8 heteroatoms. The number of benzene rings is 1. The molecule has 2 amide bonds. The molecule has 144 valence electrons. The maximum Gasteiger partial charge on any atom is 0.409 e. The van der Waals surface area contributed by atoms with Gasteiger partial charge in [0, 0.05) is 30.7 Å². The van der Waals surface area contributed by atoms with Crippen molar-refractivity contribution < 1.29 is 18.7 Å². The van der Waals surface area contributed by atoms with Gasteiger partial charge < -0.3 is 15.0 Å². The lowest BCUT2D eigenvalue weighted by atomic mass is 10.2. The van der Waals surface area contributed by atoms with Crippen LogP contribution in [0.3, 0.4) is 0 Å². The Morgan fingerprint density at radius 2 is 1.88 bits per heavy atom. The fourth-order valence-corrected chi connectivity index (χ4v) is 2.95. The first-order chi connectivity index (χ1) is 12.3. The van der Waals surface area contributed by atoms with E-state index in [0.717, 1.165) is 0 Å². The van der Waals surface area contributed by atoms with Gasteiger partial charge in [0.1, 0.15) is 5.82 Å². The van der Waals surface area contributed by atoms with Gasteiger partial charge in [-0.3, -0.25) is 9.69 Å². The Hall–Kier alpha value is -1.67. The molecular weight excluding hydrogens is 405 g/mol. The monoisotopic (exact) mass is 429 g/mol. The van der Waals surface area contributed by atoms with Crippen LogP contribution in [0.2, 0.25) is 0 Å². The molecule has 1 aromatic carbocycles. The number of carbonyl (C=O) groups excluding carboxylic acids is 2. The van der Waals surface area contributed by atoms with Crippen molar-refractivity contribution in [3.05, 3.63) is 28.5 Å². The lowest BCUT2D eigenvalue weighted by Gasteiger charge is -2.36. The summed E-state index contributed by atoms with van der Waals surface area (Å²) in [4.78, 5) is 28.0. The number of halogens is 2. The smallest absolute Gasteiger partial charge is 0.409 e. The van der Waals surface area contributed by atoms with E-state index >= 15 is 0 Å². The van der Waals surface area contributed by atoms with Crippen LogP contribution in [0.4, 0.5) is 14.9 Å². The molecule has 1 atom stereocenters. The lowest BCUT2D eigenvalue weighted by molar-refractivity contribution is -0.121. The highest BCUT2D eigenvalue weighted by Crippen LogP contribution is 2.20. The zero-order chi connectivity index (χ0) is 19.3. The molecule has 0 spiro atoms. The van der Waals surface area contributed by atoms with Crippen LogP contribution in [0, 0.1) is 11.7 Å². The summed E-state index contributed by atoms with van der Waals surface area (Å²) in [6, 6.07) is 4.08. The maximum atomic E-state index is 13.9. The number of anilines is 1. The van der Waals surface area contributed by atoms with Crippen LogP contribution in [-0.2, 0) is 9.53 Å². The van der Waals surface area contributed by atoms with Gasteiger partial charge in [-0.25, -0.2) is 9.18 Å². The molecule has 1 fully saturated rings. The van der Waals surface area contributed by atoms with E-state index < -0.39 is 11.9 Å². The molecule has 0 bridgehead atoms. The second-order valence-corrected chi connectivity index (χ2v) is 7.70. The molecule has 1 aliphatic rings. The molecule has 6 nitrogen and oxygen atoms in total. The van der Waals surface area contributed by atoms with E-state index in [1.165, 1.54) is 12.1 Å². The summed E-state index contributed by atoms with van der Waals surface area (Å²) in [6.07, 6.45) is -0.313. The molecule has 2 rings (SSSR count). The minimum atomic E-state index is -0.488. The van der Waals surface area contributed by atoms with Gasteiger partial charge in [-0.05, 0) is 31.0 Å². The van der Waals surface area contributed by atoms with Gasteiger partial charge in [0.05, 0.1) is 18.3 Å². The summed E-state index contributed by atoms with van der Waals surface area (Å²) in [7, 11) is 0. The SMILES string of the molecule is CC(C)COC(=O)N1CCN(C(C)C(=O)Nc2ccc(Br)cc2F)CC1. The van der Waals surface area contributed by atoms with Gasteiger partial charge in [0.15, 0.2) is 0 Å². The predicted octanol–water partition coefficient (Wildman–Crippen LogP) is 3.33. The molecule has 1 N–H and O–H groups in total. The summed E-state index contributed by atoms with van der Waals surface area (Å²) >= 11 is 3.19. The van der Waals surface area contributed by atoms with Crippen molar-refractivity contribution >= 4 is 33.6 Å². The quantitative estimate of drug-likeness (QED) is 0.779. The zero-order valence-corrected chi connectivity index (χ0v) is 16.9. The third-order valence-corrected chi connectivity index (χ3v) is 4.72. The van der Waals surface area contributed by atoms with Crippen molar-refractivity contribution in [3.63, 3.8) is 0 Å². The fourth-order valence-electron chi connectivity index (χ4n) is 2.61. The van der Waals surface area contributed by atoms with Gasteiger partial charge in [0.2, 0.25) is 5.91 Å². The van der Waals surface area contributed by atoms with Crippen LogP contribution in [0.25, 0.3) is 0 Å². The highest BCUT2D eigenvalue weighted by Gasteiger charge is 2.28. The van der Waals surface area contributed by atoms with Crippen molar-refractivity contribution in [1.82, 2.24) is 9.80 Å². The summed E-state index contributed by atoms with van der Waals surface area (Å²) in [6.45, 7) is 8.28. The average Bonchev–Trinajstić information content (AvgIpc) is 2.61. The van der Waals surface area contributed by atoms with Gasteiger partial charge in [0.25, 0.3) is 0 Å². The number of amides is 2. The summed E-state index contributed by atoms with van der Waals surface area (Å²) in [5.74, 6) is -0.470. The first-order valence-corrected chi connectivity index (χ1v) is 9.49. The average molecular weight is 430 g/mol. The van der Waals surface area contributed by atoms with E-state index in [-0.39, 0.29) is 17.7 Å². The van der Waals surface area contributed by atoms with Crippen LogP contribution >= 0.6 is 15.9 Å².